The molecule has 0 heterocycles. The van der Waals surface area contributed by atoms with Crippen molar-refractivity contribution in [3.8, 4) is 5.75 Å². The van der Waals surface area contributed by atoms with Crippen LogP contribution in [0.15, 0.2) is 36.4 Å². The topological polar surface area (TPSA) is 46.5 Å². The van der Waals surface area contributed by atoms with Crippen LogP contribution >= 0.6 is 0 Å². The standard InChI is InChI=1S/C24H38O3/c1-2-3-4-5-6-7-8-9-10-11-12-13-14-15-16-21-27-24(26)22-17-19-23(25)20-18-22/h15-20,25H,2-14,21H2,1H3/b16-15+. The molecule has 0 atom stereocenters. The lowest BCUT2D eigenvalue weighted by Gasteiger charge is -2.02. The van der Waals surface area contributed by atoms with E-state index in [2.05, 4.69) is 13.0 Å². The van der Waals surface area contributed by atoms with Gasteiger partial charge < -0.3 is 9.84 Å². The Balaban J connectivity index is 1.86. The van der Waals surface area contributed by atoms with Crippen molar-refractivity contribution in [1.82, 2.24) is 0 Å². The number of esters is 1. The van der Waals surface area contributed by atoms with E-state index in [-0.39, 0.29) is 11.7 Å². The van der Waals surface area contributed by atoms with E-state index in [9.17, 15) is 9.90 Å². The molecule has 0 aromatic heterocycles. The number of benzene rings is 1. The summed E-state index contributed by atoms with van der Waals surface area (Å²) >= 11 is 0. The van der Waals surface area contributed by atoms with Gasteiger partial charge in [0.1, 0.15) is 12.4 Å². The average Bonchev–Trinajstić information content (AvgIpc) is 2.68. The Morgan fingerprint density at radius 3 is 1.89 bits per heavy atom. The number of carbonyl (C=O) groups excluding carboxylic acids is 1. The highest BCUT2D eigenvalue weighted by atomic mass is 16.5. The van der Waals surface area contributed by atoms with Crippen molar-refractivity contribution in [1.29, 1.82) is 0 Å². The summed E-state index contributed by atoms with van der Waals surface area (Å²) in [5, 5.41) is 9.20. The molecule has 0 radical (unpaired) electrons. The molecule has 1 aromatic rings. The van der Waals surface area contributed by atoms with Gasteiger partial charge in [0.25, 0.3) is 0 Å². The van der Waals surface area contributed by atoms with Gasteiger partial charge in [0.05, 0.1) is 5.56 Å². The highest BCUT2D eigenvalue weighted by Gasteiger charge is 2.05. The minimum absolute atomic E-state index is 0.147. The van der Waals surface area contributed by atoms with E-state index in [1.165, 1.54) is 89.2 Å². The second-order valence-corrected chi connectivity index (χ2v) is 7.29. The molecular formula is C24H38O3. The summed E-state index contributed by atoms with van der Waals surface area (Å²) in [5.74, 6) is -0.209. The molecule has 0 bridgehead atoms. The van der Waals surface area contributed by atoms with Crippen LogP contribution in [0, 0.1) is 0 Å². The summed E-state index contributed by atoms with van der Waals surface area (Å²) in [6, 6.07) is 6.10. The SMILES string of the molecule is CCCCCCCCCCCCCC/C=C/COC(=O)c1ccc(O)cc1. The zero-order chi connectivity index (χ0) is 19.6. The second kappa shape index (κ2) is 16.4. The molecule has 0 saturated heterocycles. The monoisotopic (exact) mass is 374 g/mol. The fourth-order valence-corrected chi connectivity index (χ4v) is 3.09. The highest BCUT2D eigenvalue weighted by molar-refractivity contribution is 5.89. The Morgan fingerprint density at radius 2 is 1.33 bits per heavy atom. The summed E-state index contributed by atoms with van der Waals surface area (Å²) < 4.78 is 5.17. The number of aromatic hydroxyl groups is 1. The first-order valence-corrected chi connectivity index (χ1v) is 10.8. The number of phenols is 1. The van der Waals surface area contributed by atoms with Crippen molar-refractivity contribution >= 4 is 5.97 Å². The van der Waals surface area contributed by atoms with Gasteiger partial charge in [0, 0.05) is 0 Å². The van der Waals surface area contributed by atoms with Gasteiger partial charge in [-0.3, -0.25) is 0 Å². The third-order valence-electron chi connectivity index (χ3n) is 4.80. The molecule has 3 nitrogen and oxygen atoms in total. The molecule has 1 rings (SSSR count). The average molecular weight is 375 g/mol. The van der Waals surface area contributed by atoms with Gasteiger partial charge in [0.2, 0.25) is 0 Å². The van der Waals surface area contributed by atoms with Crippen molar-refractivity contribution in [3.05, 3.63) is 42.0 Å². The molecule has 152 valence electrons. The number of hydrogen-bond donors (Lipinski definition) is 1. The van der Waals surface area contributed by atoms with Crippen molar-refractivity contribution in [2.24, 2.45) is 0 Å². The van der Waals surface area contributed by atoms with Gasteiger partial charge in [-0.05, 0) is 37.1 Å². The fourth-order valence-electron chi connectivity index (χ4n) is 3.09. The zero-order valence-electron chi connectivity index (χ0n) is 17.1. The molecule has 0 amide bonds. The van der Waals surface area contributed by atoms with Crippen molar-refractivity contribution in [2.45, 2.75) is 90.4 Å². The van der Waals surface area contributed by atoms with E-state index < -0.39 is 0 Å². The summed E-state index contributed by atoms with van der Waals surface area (Å²) in [7, 11) is 0. The van der Waals surface area contributed by atoms with Crippen LogP contribution in [-0.4, -0.2) is 17.7 Å². The number of ether oxygens (including phenoxy) is 1. The minimum Gasteiger partial charge on any atom is -0.508 e. The first-order valence-electron chi connectivity index (χ1n) is 10.8. The first kappa shape index (κ1) is 23.3. The van der Waals surface area contributed by atoms with Gasteiger partial charge in [-0.1, -0.05) is 89.7 Å². The van der Waals surface area contributed by atoms with E-state index in [4.69, 9.17) is 4.74 Å². The molecule has 0 fully saturated rings. The Kier molecular flexibility index (Phi) is 14.1. The van der Waals surface area contributed by atoms with Crippen LogP contribution in [0.2, 0.25) is 0 Å². The molecule has 27 heavy (non-hydrogen) atoms. The predicted molar refractivity (Wildman–Crippen MR) is 113 cm³/mol. The lowest BCUT2D eigenvalue weighted by atomic mass is 10.0. The van der Waals surface area contributed by atoms with E-state index >= 15 is 0 Å². The Morgan fingerprint density at radius 1 is 0.815 bits per heavy atom. The largest absolute Gasteiger partial charge is 0.508 e. The summed E-state index contributed by atoms with van der Waals surface area (Å²) in [6.07, 6.45) is 21.4. The second-order valence-electron chi connectivity index (χ2n) is 7.29. The van der Waals surface area contributed by atoms with Crippen LogP contribution in [-0.2, 0) is 4.74 Å². The quantitative estimate of drug-likeness (QED) is 0.189. The van der Waals surface area contributed by atoms with Crippen molar-refractivity contribution in [3.63, 3.8) is 0 Å². The summed E-state index contributed by atoms with van der Waals surface area (Å²) in [4.78, 5) is 11.8. The van der Waals surface area contributed by atoms with Crippen LogP contribution in [0.25, 0.3) is 0 Å². The highest BCUT2D eigenvalue weighted by Crippen LogP contribution is 2.13. The number of hydrogen-bond acceptors (Lipinski definition) is 3. The smallest absolute Gasteiger partial charge is 0.338 e. The molecular weight excluding hydrogens is 336 g/mol. The first-order chi connectivity index (χ1) is 13.2. The van der Waals surface area contributed by atoms with Gasteiger partial charge in [-0.25, -0.2) is 4.79 Å². The molecule has 0 unspecified atom stereocenters. The molecule has 0 aliphatic heterocycles. The Bertz CT molecular complexity index is 505. The molecule has 0 saturated carbocycles. The molecule has 1 aromatic carbocycles. The van der Waals surface area contributed by atoms with Crippen LogP contribution in [0.3, 0.4) is 0 Å². The molecule has 3 heteroatoms. The third kappa shape index (κ3) is 13.1. The van der Waals surface area contributed by atoms with Crippen LogP contribution in [0.1, 0.15) is 101 Å². The number of rotatable bonds is 16. The van der Waals surface area contributed by atoms with Gasteiger partial charge in [-0.15, -0.1) is 0 Å². The van der Waals surface area contributed by atoms with Crippen molar-refractivity contribution < 1.29 is 14.6 Å². The van der Waals surface area contributed by atoms with Gasteiger partial charge in [-0.2, -0.15) is 0 Å². The molecule has 0 aliphatic rings. The summed E-state index contributed by atoms with van der Waals surface area (Å²) in [6.45, 7) is 2.57. The fraction of sp³-hybridized carbons (Fsp3) is 0.625. The zero-order valence-corrected chi connectivity index (χ0v) is 17.1. The normalized spacial score (nSPS) is 11.1. The molecule has 0 aliphatic carbocycles. The van der Waals surface area contributed by atoms with E-state index in [1.54, 1.807) is 12.1 Å². The predicted octanol–water partition coefficient (Wildman–Crippen LogP) is 7.20. The molecule has 0 spiro atoms. The minimum atomic E-state index is -0.356. The van der Waals surface area contributed by atoms with Crippen LogP contribution in [0.4, 0.5) is 0 Å². The van der Waals surface area contributed by atoms with Gasteiger partial charge >= 0.3 is 5.97 Å². The number of unbranched alkanes of at least 4 members (excludes halogenated alkanes) is 12. The van der Waals surface area contributed by atoms with E-state index in [1.807, 2.05) is 6.08 Å². The summed E-state index contributed by atoms with van der Waals surface area (Å²) in [5.41, 5.74) is 0.460. The lowest BCUT2D eigenvalue weighted by molar-refractivity contribution is 0.0549. The van der Waals surface area contributed by atoms with Gasteiger partial charge in [0.15, 0.2) is 0 Å². The number of carbonyl (C=O) groups is 1. The maximum absolute atomic E-state index is 11.8. The maximum atomic E-state index is 11.8. The number of phenolic OH excluding ortho intramolecular Hbond substituents is 1. The Labute approximate surface area is 165 Å². The number of allylic oxidation sites excluding steroid dienone is 1. The Hall–Kier alpha value is -1.77. The van der Waals surface area contributed by atoms with Crippen LogP contribution < -0.4 is 0 Å². The van der Waals surface area contributed by atoms with E-state index in [0.717, 1.165) is 6.42 Å². The van der Waals surface area contributed by atoms with Crippen LogP contribution in [0.5, 0.6) is 5.75 Å². The molecule has 1 N–H and O–H groups in total. The maximum Gasteiger partial charge on any atom is 0.338 e. The van der Waals surface area contributed by atoms with Crippen molar-refractivity contribution in [2.75, 3.05) is 6.61 Å². The lowest BCUT2D eigenvalue weighted by Crippen LogP contribution is -2.04. The third-order valence-corrected chi connectivity index (χ3v) is 4.80. The van der Waals surface area contributed by atoms with E-state index in [0.29, 0.717) is 12.2 Å².